The van der Waals surface area contributed by atoms with E-state index in [4.69, 9.17) is 5.11 Å². The zero-order chi connectivity index (χ0) is 24.5. The highest BCUT2D eigenvalue weighted by Crippen LogP contribution is 2.41. The molecule has 6 heteroatoms. The predicted octanol–water partition coefficient (Wildman–Crippen LogP) is 9.02. The summed E-state index contributed by atoms with van der Waals surface area (Å²) in [5.74, 6) is 0.633. The van der Waals surface area contributed by atoms with E-state index < -0.39 is 16.0 Å². The Labute approximate surface area is 207 Å². The fourth-order valence-electron chi connectivity index (χ4n) is 3.33. The summed E-state index contributed by atoms with van der Waals surface area (Å²) in [6, 6.07) is 0. The maximum atomic E-state index is 11.9. The molecule has 0 aliphatic carbocycles. The van der Waals surface area contributed by atoms with Crippen molar-refractivity contribution in [2.45, 2.75) is 141 Å². The van der Waals surface area contributed by atoms with Gasteiger partial charge in [0, 0.05) is 6.42 Å². The molecule has 0 saturated heterocycles. The van der Waals surface area contributed by atoms with Crippen LogP contribution in [0.1, 0.15) is 137 Å². The lowest BCUT2D eigenvalue weighted by Crippen LogP contribution is -2.31. The zero-order valence-corrected chi connectivity index (χ0v) is 23.1. The Morgan fingerprint density at radius 1 is 0.594 bits per heavy atom. The van der Waals surface area contributed by atoms with Crippen LogP contribution in [0.15, 0.2) is 0 Å². The molecule has 0 aliphatic heterocycles. The van der Waals surface area contributed by atoms with E-state index in [9.17, 15) is 14.7 Å². The molecule has 32 heavy (non-hydrogen) atoms. The third-order valence-electron chi connectivity index (χ3n) is 5.42. The van der Waals surface area contributed by atoms with Crippen LogP contribution in [-0.4, -0.2) is 37.7 Å². The summed E-state index contributed by atoms with van der Waals surface area (Å²) in [6.45, 7) is 8.37. The highest BCUT2D eigenvalue weighted by molar-refractivity contribution is 8.19. The minimum atomic E-state index is -0.711. The van der Waals surface area contributed by atoms with E-state index >= 15 is 0 Å². The number of rotatable bonds is 22. The van der Waals surface area contributed by atoms with Crippen molar-refractivity contribution in [3.63, 3.8) is 0 Å². The van der Waals surface area contributed by atoms with Crippen LogP contribution in [0, 0.1) is 0 Å². The molecule has 4 nitrogen and oxygen atoms in total. The molecule has 0 amide bonds. The van der Waals surface area contributed by atoms with Gasteiger partial charge in [0.15, 0.2) is 4.08 Å². The first kappa shape index (κ1) is 33.8. The van der Waals surface area contributed by atoms with Crippen LogP contribution >= 0.6 is 23.5 Å². The number of thioether (sulfide) groups is 2. The van der Waals surface area contributed by atoms with E-state index in [0.29, 0.717) is 12.8 Å². The van der Waals surface area contributed by atoms with E-state index in [-0.39, 0.29) is 0 Å². The minimum absolute atomic E-state index is 0.292. The SMILES string of the molecule is CCCC(=O)O.CCCCCCCCCSC(CC)(SCCCCCCCCC)C(=O)O. The second-order valence-electron chi connectivity index (χ2n) is 8.49. The third-order valence-corrected chi connectivity index (χ3v) is 8.97. The topological polar surface area (TPSA) is 74.6 Å². The molecule has 0 heterocycles. The second-order valence-corrected chi connectivity index (χ2v) is 11.5. The van der Waals surface area contributed by atoms with Crippen LogP contribution in [-0.2, 0) is 9.59 Å². The standard InChI is InChI=1S/C22H44O2S2.C4H8O2/c1-4-7-9-11-13-15-17-19-25-22(6-3,21(23)24)26-20-18-16-14-12-10-8-5-2;1-2-3-4(5)6/h4-20H2,1-3H3,(H,23,24);2-3H2,1H3,(H,5,6). The molecule has 0 rings (SSSR count). The Balaban J connectivity index is 0. The molecule has 0 saturated carbocycles. The van der Waals surface area contributed by atoms with Gasteiger partial charge in [0.25, 0.3) is 0 Å². The predicted molar refractivity (Wildman–Crippen MR) is 144 cm³/mol. The van der Waals surface area contributed by atoms with Gasteiger partial charge in [0.05, 0.1) is 0 Å². The average molecular weight is 493 g/mol. The fourth-order valence-corrected chi connectivity index (χ4v) is 6.17. The minimum Gasteiger partial charge on any atom is -0.481 e. The van der Waals surface area contributed by atoms with Gasteiger partial charge in [-0.05, 0) is 37.2 Å². The summed E-state index contributed by atoms with van der Waals surface area (Å²) < 4.78 is -0.621. The number of carboxylic acid groups (broad SMARTS) is 2. The quantitative estimate of drug-likeness (QED) is 0.116. The summed E-state index contributed by atoms with van der Waals surface area (Å²) in [6.07, 6.45) is 19.8. The van der Waals surface area contributed by atoms with Gasteiger partial charge in [-0.1, -0.05) is 105 Å². The maximum absolute atomic E-state index is 11.9. The van der Waals surface area contributed by atoms with Gasteiger partial charge in [0.2, 0.25) is 0 Å². The molecule has 0 bridgehead atoms. The zero-order valence-electron chi connectivity index (χ0n) is 21.5. The Bertz CT molecular complexity index is 410. The summed E-state index contributed by atoms with van der Waals surface area (Å²) in [4.78, 5) is 21.5. The van der Waals surface area contributed by atoms with Crippen LogP contribution in [0.3, 0.4) is 0 Å². The van der Waals surface area contributed by atoms with Gasteiger partial charge in [-0.25, -0.2) is 4.79 Å². The Morgan fingerprint density at radius 2 is 0.969 bits per heavy atom. The molecule has 192 valence electrons. The number of unbranched alkanes of at least 4 members (excludes halogenated alkanes) is 12. The summed E-state index contributed by atoms with van der Waals surface area (Å²) >= 11 is 3.37. The van der Waals surface area contributed by atoms with E-state index in [1.165, 1.54) is 77.0 Å². The Kier molecular flexibility index (Phi) is 26.7. The van der Waals surface area contributed by atoms with Crippen molar-refractivity contribution in [3.05, 3.63) is 0 Å². The lowest BCUT2D eigenvalue weighted by Gasteiger charge is -2.27. The largest absolute Gasteiger partial charge is 0.481 e. The first-order valence-electron chi connectivity index (χ1n) is 13.1. The highest BCUT2D eigenvalue weighted by Gasteiger charge is 2.37. The molecule has 0 fully saturated rings. The van der Waals surface area contributed by atoms with Crippen LogP contribution in [0.4, 0.5) is 0 Å². The second kappa shape index (κ2) is 25.3. The normalized spacial score (nSPS) is 11.1. The number of carboxylic acids is 2. The molecule has 0 radical (unpaired) electrons. The van der Waals surface area contributed by atoms with Gasteiger partial charge in [-0.15, -0.1) is 23.5 Å². The van der Waals surface area contributed by atoms with Gasteiger partial charge in [0.1, 0.15) is 0 Å². The van der Waals surface area contributed by atoms with Crippen molar-refractivity contribution >= 4 is 35.5 Å². The van der Waals surface area contributed by atoms with E-state index in [1.807, 2.05) is 13.8 Å². The molecular formula is C26H52O4S2. The molecular weight excluding hydrogens is 440 g/mol. The molecule has 0 aromatic carbocycles. The van der Waals surface area contributed by atoms with Gasteiger partial charge >= 0.3 is 11.9 Å². The average Bonchev–Trinajstić information content (AvgIpc) is 2.76. The molecule has 0 aromatic heterocycles. The lowest BCUT2D eigenvalue weighted by atomic mass is 10.1. The summed E-state index contributed by atoms with van der Waals surface area (Å²) in [7, 11) is 0. The monoisotopic (exact) mass is 492 g/mol. The van der Waals surface area contributed by atoms with Crippen molar-refractivity contribution in [2.75, 3.05) is 11.5 Å². The number of hydrogen-bond acceptors (Lipinski definition) is 4. The number of hydrogen-bond donors (Lipinski definition) is 2. The van der Waals surface area contributed by atoms with E-state index in [0.717, 1.165) is 30.8 Å². The van der Waals surface area contributed by atoms with Crippen molar-refractivity contribution in [2.24, 2.45) is 0 Å². The van der Waals surface area contributed by atoms with E-state index in [1.54, 1.807) is 23.5 Å². The Hall–Kier alpha value is -0.360. The molecule has 0 aromatic rings. The van der Waals surface area contributed by atoms with Crippen LogP contribution in [0.2, 0.25) is 0 Å². The lowest BCUT2D eigenvalue weighted by molar-refractivity contribution is -0.138. The van der Waals surface area contributed by atoms with Crippen molar-refractivity contribution < 1.29 is 19.8 Å². The maximum Gasteiger partial charge on any atom is 0.330 e. The fraction of sp³-hybridized carbons (Fsp3) is 0.923. The van der Waals surface area contributed by atoms with Crippen LogP contribution < -0.4 is 0 Å². The van der Waals surface area contributed by atoms with Gasteiger partial charge < -0.3 is 10.2 Å². The van der Waals surface area contributed by atoms with Crippen LogP contribution in [0.25, 0.3) is 0 Å². The van der Waals surface area contributed by atoms with Crippen molar-refractivity contribution in [3.8, 4) is 0 Å². The third kappa shape index (κ3) is 21.5. The van der Waals surface area contributed by atoms with Gasteiger partial charge in [-0.3, -0.25) is 4.79 Å². The first-order chi connectivity index (χ1) is 15.4. The first-order valence-corrected chi connectivity index (χ1v) is 15.1. The summed E-state index contributed by atoms with van der Waals surface area (Å²) in [5.41, 5.74) is 0. The number of carbonyl (C=O) groups is 2. The molecule has 0 atom stereocenters. The smallest absolute Gasteiger partial charge is 0.330 e. The Morgan fingerprint density at radius 3 is 1.22 bits per heavy atom. The highest BCUT2D eigenvalue weighted by atomic mass is 32.2. The molecule has 0 aliphatic rings. The molecule has 0 spiro atoms. The summed E-state index contributed by atoms with van der Waals surface area (Å²) in [5, 5.41) is 17.7. The van der Waals surface area contributed by atoms with Crippen molar-refractivity contribution in [1.82, 2.24) is 0 Å². The molecule has 2 N–H and O–H groups in total. The van der Waals surface area contributed by atoms with Gasteiger partial charge in [-0.2, -0.15) is 0 Å². The van der Waals surface area contributed by atoms with Crippen LogP contribution in [0.5, 0.6) is 0 Å². The van der Waals surface area contributed by atoms with E-state index in [2.05, 4.69) is 13.8 Å². The molecule has 0 unspecified atom stereocenters. The number of aliphatic carboxylic acids is 2. The van der Waals surface area contributed by atoms with Crippen molar-refractivity contribution in [1.29, 1.82) is 0 Å².